The summed E-state index contributed by atoms with van der Waals surface area (Å²) in [5, 5.41) is 9.53. The van der Waals surface area contributed by atoms with Gasteiger partial charge in [-0.1, -0.05) is 24.6 Å². The molecule has 0 aliphatic heterocycles. The Labute approximate surface area is 112 Å². The van der Waals surface area contributed by atoms with E-state index in [9.17, 15) is 4.79 Å². The summed E-state index contributed by atoms with van der Waals surface area (Å²) in [6.07, 6.45) is 4.32. The number of nitrogens with zero attached hydrogens (tertiary/aromatic N) is 2. The molecule has 4 nitrogen and oxygen atoms in total. The monoisotopic (exact) mass is 270 g/mol. The van der Waals surface area contributed by atoms with E-state index in [1.807, 2.05) is 11.5 Å². The number of aromatic nitrogens is 1. The zero-order valence-corrected chi connectivity index (χ0v) is 11.4. The minimum atomic E-state index is -0.135. The lowest BCUT2D eigenvalue weighted by atomic mass is 10.3. The minimum Gasteiger partial charge on any atom is -0.395 e. The van der Waals surface area contributed by atoms with Crippen molar-refractivity contribution >= 4 is 17.5 Å². The molecule has 0 aliphatic rings. The Hall–Kier alpha value is -1.26. The largest absolute Gasteiger partial charge is 0.395 e. The number of hydrogen-bond acceptors (Lipinski definition) is 2. The highest BCUT2D eigenvalue weighted by molar-refractivity contribution is 6.31. The molecule has 5 heteroatoms. The third-order valence-corrected chi connectivity index (χ3v) is 2.76. The summed E-state index contributed by atoms with van der Waals surface area (Å²) < 4.78 is 1.85. The van der Waals surface area contributed by atoms with Crippen LogP contribution in [0.2, 0.25) is 5.02 Å². The van der Waals surface area contributed by atoms with Crippen LogP contribution in [0.25, 0.3) is 0 Å². The first-order valence-corrected chi connectivity index (χ1v) is 6.38. The number of aryl methyl sites for hydroxylation is 1. The number of hydrogen-bond donors (Lipinski definition) is 1. The molecule has 0 radical (unpaired) electrons. The van der Waals surface area contributed by atoms with Crippen molar-refractivity contribution in [3.8, 4) is 0 Å². The summed E-state index contributed by atoms with van der Waals surface area (Å²) in [5.74, 6) is -0.135. The van der Waals surface area contributed by atoms with Crippen molar-refractivity contribution in [2.45, 2.75) is 19.9 Å². The van der Waals surface area contributed by atoms with Crippen molar-refractivity contribution in [1.29, 1.82) is 0 Å². The van der Waals surface area contributed by atoms with Crippen molar-refractivity contribution in [3.05, 3.63) is 35.6 Å². The molecular weight excluding hydrogens is 252 g/mol. The Morgan fingerprint density at radius 3 is 2.94 bits per heavy atom. The summed E-state index contributed by atoms with van der Waals surface area (Å²) in [5.41, 5.74) is 0.553. The second kappa shape index (κ2) is 7.24. The second-order valence-electron chi connectivity index (χ2n) is 4.00. The fourth-order valence-corrected chi connectivity index (χ4v) is 2.02. The van der Waals surface area contributed by atoms with E-state index < -0.39 is 0 Å². The van der Waals surface area contributed by atoms with Gasteiger partial charge in [0.25, 0.3) is 5.91 Å². The summed E-state index contributed by atoms with van der Waals surface area (Å²) in [7, 11) is 0. The summed E-state index contributed by atoms with van der Waals surface area (Å²) in [4.78, 5) is 13.9. The van der Waals surface area contributed by atoms with E-state index >= 15 is 0 Å². The number of amides is 1. The lowest BCUT2D eigenvalue weighted by Gasteiger charge is -2.20. The molecule has 0 fully saturated rings. The number of aliphatic hydroxyl groups excluding tert-OH is 1. The molecule has 0 aromatic carbocycles. The van der Waals surface area contributed by atoms with Gasteiger partial charge in [-0.3, -0.25) is 4.79 Å². The van der Waals surface area contributed by atoms with Gasteiger partial charge in [-0.2, -0.15) is 0 Å². The molecular formula is C13H19ClN2O2. The number of aliphatic hydroxyl groups is 1. The maximum Gasteiger partial charge on any atom is 0.270 e. The highest BCUT2D eigenvalue weighted by Gasteiger charge is 2.18. The van der Waals surface area contributed by atoms with Crippen LogP contribution in [0.3, 0.4) is 0 Å². The number of carbonyl (C=O) groups is 1. The average Bonchev–Trinajstić information content (AvgIpc) is 2.70. The molecule has 1 heterocycles. The van der Waals surface area contributed by atoms with Gasteiger partial charge < -0.3 is 14.6 Å². The Bertz CT molecular complexity index is 415. The van der Waals surface area contributed by atoms with E-state index in [0.29, 0.717) is 23.8 Å². The van der Waals surface area contributed by atoms with Gasteiger partial charge in [-0.15, -0.1) is 6.58 Å². The van der Waals surface area contributed by atoms with Gasteiger partial charge in [0.1, 0.15) is 5.69 Å². The summed E-state index contributed by atoms with van der Waals surface area (Å²) >= 11 is 5.94. The predicted octanol–water partition coefficient (Wildman–Crippen LogP) is 2.17. The Balaban J connectivity index is 2.95. The second-order valence-corrected chi connectivity index (χ2v) is 4.44. The Morgan fingerprint density at radius 1 is 1.67 bits per heavy atom. The first kappa shape index (κ1) is 14.8. The van der Waals surface area contributed by atoms with Crippen LogP contribution in [0.1, 0.15) is 23.8 Å². The number of carbonyl (C=O) groups excluding carboxylic acids is 1. The Morgan fingerprint density at radius 2 is 2.39 bits per heavy atom. The van der Waals surface area contributed by atoms with Gasteiger partial charge in [0.05, 0.1) is 11.6 Å². The molecule has 1 amide bonds. The highest BCUT2D eigenvalue weighted by atomic mass is 35.5. The van der Waals surface area contributed by atoms with Crippen molar-refractivity contribution in [1.82, 2.24) is 9.47 Å². The molecule has 18 heavy (non-hydrogen) atoms. The third kappa shape index (κ3) is 3.62. The zero-order valence-electron chi connectivity index (χ0n) is 10.6. The SMILES string of the molecule is C=CCN(CCO)C(=O)c1cc(Cl)cn1CCC. The van der Waals surface area contributed by atoms with Gasteiger partial charge in [-0.25, -0.2) is 0 Å². The quantitative estimate of drug-likeness (QED) is 0.772. The molecule has 0 saturated carbocycles. The van der Waals surface area contributed by atoms with Crippen molar-refractivity contribution in [2.24, 2.45) is 0 Å². The van der Waals surface area contributed by atoms with Crippen LogP contribution in [0.4, 0.5) is 0 Å². The molecule has 1 rings (SSSR count). The van der Waals surface area contributed by atoms with Crippen LogP contribution in [0.5, 0.6) is 0 Å². The maximum atomic E-state index is 12.3. The standard InChI is InChI=1S/C13H19ClN2O2/c1-3-5-15(7-8-17)13(18)12-9-11(14)10-16(12)6-4-2/h3,9-10,17H,1,4-8H2,2H3. The molecule has 0 aliphatic carbocycles. The normalized spacial score (nSPS) is 10.4. The lowest BCUT2D eigenvalue weighted by Crippen LogP contribution is -2.35. The van der Waals surface area contributed by atoms with E-state index in [1.54, 1.807) is 23.2 Å². The summed E-state index contributed by atoms with van der Waals surface area (Å²) in [6.45, 7) is 7.03. The van der Waals surface area contributed by atoms with Gasteiger partial charge in [0.15, 0.2) is 0 Å². The van der Waals surface area contributed by atoms with Crippen LogP contribution in [0.15, 0.2) is 24.9 Å². The fraction of sp³-hybridized carbons (Fsp3) is 0.462. The van der Waals surface area contributed by atoms with Gasteiger partial charge >= 0.3 is 0 Å². The van der Waals surface area contributed by atoms with Crippen LogP contribution >= 0.6 is 11.6 Å². The zero-order chi connectivity index (χ0) is 13.5. The number of rotatable bonds is 7. The molecule has 0 unspecified atom stereocenters. The van der Waals surface area contributed by atoms with E-state index in [2.05, 4.69) is 6.58 Å². The molecule has 1 N–H and O–H groups in total. The average molecular weight is 271 g/mol. The first-order chi connectivity index (χ1) is 8.63. The van der Waals surface area contributed by atoms with E-state index in [1.165, 1.54) is 0 Å². The molecule has 1 aromatic heterocycles. The van der Waals surface area contributed by atoms with Crippen LogP contribution in [-0.4, -0.2) is 40.2 Å². The highest BCUT2D eigenvalue weighted by Crippen LogP contribution is 2.16. The van der Waals surface area contributed by atoms with Gasteiger partial charge in [0.2, 0.25) is 0 Å². The molecule has 0 saturated heterocycles. The fourth-order valence-electron chi connectivity index (χ4n) is 1.79. The minimum absolute atomic E-state index is 0.0677. The van der Waals surface area contributed by atoms with Gasteiger partial charge in [-0.05, 0) is 12.5 Å². The van der Waals surface area contributed by atoms with Crippen molar-refractivity contribution < 1.29 is 9.90 Å². The van der Waals surface area contributed by atoms with Crippen molar-refractivity contribution in [3.63, 3.8) is 0 Å². The molecule has 0 atom stereocenters. The lowest BCUT2D eigenvalue weighted by molar-refractivity contribution is 0.0732. The Kier molecular flexibility index (Phi) is 5.95. The first-order valence-electron chi connectivity index (χ1n) is 6.00. The van der Waals surface area contributed by atoms with Crippen LogP contribution in [-0.2, 0) is 6.54 Å². The van der Waals surface area contributed by atoms with Crippen molar-refractivity contribution in [2.75, 3.05) is 19.7 Å². The molecule has 0 bridgehead atoms. The van der Waals surface area contributed by atoms with E-state index in [0.717, 1.165) is 13.0 Å². The van der Waals surface area contributed by atoms with Crippen LogP contribution < -0.4 is 0 Å². The molecule has 1 aromatic rings. The van der Waals surface area contributed by atoms with E-state index in [-0.39, 0.29) is 12.5 Å². The maximum absolute atomic E-state index is 12.3. The third-order valence-electron chi connectivity index (χ3n) is 2.55. The topological polar surface area (TPSA) is 45.5 Å². The summed E-state index contributed by atoms with van der Waals surface area (Å²) in [6, 6.07) is 1.66. The smallest absolute Gasteiger partial charge is 0.270 e. The van der Waals surface area contributed by atoms with Gasteiger partial charge in [0, 0.05) is 25.8 Å². The number of halogens is 1. The predicted molar refractivity (Wildman–Crippen MR) is 72.9 cm³/mol. The molecule has 0 spiro atoms. The van der Waals surface area contributed by atoms with Crippen LogP contribution in [0, 0.1) is 0 Å². The van der Waals surface area contributed by atoms with E-state index in [4.69, 9.17) is 16.7 Å². The molecule has 100 valence electrons.